The largest absolute Gasteiger partial charge is 0.496 e. The maximum atomic E-state index is 13.2. The number of ether oxygens (including phenoxy) is 3. The first kappa shape index (κ1) is 31.5. The number of para-hydroxylation sites is 2. The highest BCUT2D eigenvalue weighted by Gasteiger charge is 2.40. The highest BCUT2D eigenvalue weighted by Crippen LogP contribution is 2.43. The molecule has 1 atom stereocenters. The molecule has 0 saturated heterocycles. The average molecular weight is 596 g/mol. The van der Waals surface area contributed by atoms with E-state index in [4.69, 9.17) is 14.2 Å². The highest BCUT2D eigenvalue weighted by molar-refractivity contribution is 7.87. The van der Waals surface area contributed by atoms with Crippen LogP contribution in [0.5, 0.6) is 11.5 Å². The average Bonchev–Trinajstić information content (AvgIpc) is 3.01. The molecule has 0 aromatic heterocycles. The van der Waals surface area contributed by atoms with Crippen LogP contribution in [0.25, 0.3) is 0 Å². The Hall–Kier alpha value is -3.44. The molecule has 226 valence electrons. The molecule has 1 amide bonds. The number of rotatable bonds is 14. The molecule has 3 aromatic carbocycles. The van der Waals surface area contributed by atoms with Crippen molar-refractivity contribution in [3.63, 3.8) is 0 Å². The topological polar surface area (TPSA) is 115 Å². The van der Waals surface area contributed by atoms with E-state index in [9.17, 15) is 13.2 Å². The Balaban J connectivity index is 1.46. The maximum Gasteiger partial charge on any atom is 0.277 e. The second-order valence-corrected chi connectivity index (χ2v) is 12.2. The van der Waals surface area contributed by atoms with Crippen LogP contribution in [-0.2, 0) is 26.8 Å². The van der Waals surface area contributed by atoms with E-state index in [1.54, 1.807) is 39.5 Å². The van der Waals surface area contributed by atoms with Gasteiger partial charge in [-0.15, -0.1) is 0 Å². The third-order valence-electron chi connectivity index (χ3n) is 7.90. The van der Waals surface area contributed by atoms with Crippen LogP contribution in [0.3, 0.4) is 0 Å². The van der Waals surface area contributed by atoms with E-state index in [0.29, 0.717) is 50.0 Å². The standard InChI is InChI=1S/C32H41N3O6S/c1-39-22-26(21-24-11-5-4-6-12-24)35-42(37,38)34-25-17-19-32(20-18-25,28-14-8-10-16-30(28)41-3)23-33-31(36)27-13-7-9-15-29(27)40-2/h4-16,25-26,34-35H,17-23H2,1-3H3,(H,33,36)/t25-,26?,32-. The number of carbonyl (C=O) groups excluding carboxylic acids is 1. The van der Waals surface area contributed by atoms with Crippen LogP contribution in [0, 0.1) is 0 Å². The summed E-state index contributed by atoms with van der Waals surface area (Å²) in [7, 11) is 0.942. The minimum absolute atomic E-state index is 0.226. The third kappa shape index (κ3) is 8.10. The van der Waals surface area contributed by atoms with Crippen LogP contribution in [-0.4, -0.2) is 60.9 Å². The quantitative estimate of drug-likeness (QED) is 0.260. The van der Waals surface area contributed by atoms with Gasteiger partial charge >= 0.3 is 0 Å². The van der Waals surface area contributed by atoms with E-state index < -0.39 is 21.7 Å². The minimum Gasteiger partial charge on any atom is -0.496 e. The number of benzene rings is 3. The molecule has 1 aliphatic rings. The van der Waals surface area contributed by atoms with E-state index >= 15 is 0 Å². The van der Waals surface area contributed by atoms with Gasteiger partial charge in [0.05, 0.1) is 32.4 Å². The summed E-state index contributed by atoms with van der Waals surface area (Å²) in [5.41, 5.74) is 2.04. The van der Waals surface area contributed by atoms with Gasteiger partial charge in [-0.05, 0) is 55.9 Å². The monoisotopic (exact) mass is 595 g/mol. The fourth-order valence-electron chi connectivity index (χ4n) is 5.80. The number of carbonyl (C=O) groups is 1. The molecule has 1 saturated carbocycles. The zero-order valence-electron chi connectivity index (χ0n) is 24.5. The molecule has 42 heavy (non-hydrogen) atoms. The Morgan fingerprint density at radius 3 is 2.17 bits per heavy atom. The zero-order valence-corrected chi connectivity index (χ0v) is 25.3. The van der Waals surface area contributed by atoms with Crippen molar-refractivity contribution >= 4 is 16.1 Å². The summed E-state index contributed by atoms with van der Waals surface area (Å²) in [5.74, 6) is 1.02. The second-order valence-electron chi connectivity index (χ2n) is 10.7. The molecule has 4 rings (SSSR count). The van der Waals surface area contributed by atoms with Gasteiger partial charge in [-0.2, -0.15) is 17.9 Å². The number of hydrogen-bond donors (Lipinski definition) is 3. The van der Waals surface area contributed by atoms with Crippen LogP contribution >= 0.6 is 0 Å². The van der Waals surface area contributed by atoms with Gasteiger partial charge in [0, 0.05) is 30.7 Å². The molecular weight excluding hydrogens is 554 g/mol. The van der Waals surface area contributed by atoms with Crippen molar-refractivity contribution in [1.29, 1.82) is 0 Å². The van der Waals surface area contributed by atoms with Crippen molar-refractivity contribution in [3.8, 4) is 11.5 Å². The third-order valence-corrected chi connectivity index (χ3v) is 9.18. The van der Waals surface area contributed by atoms with E-state index in [-0.39, 0.29) is 18.6 Å². The lowest BCUT2D eigenvalue weighted by Gasteiger charge is -2.41. The van der Waals surface area contributed by atoms with Crippen LogP contribution in [0.4, 0.5) is 0 Å². The predicted octanol–water partition coefficient (Wildman–Crippen LogP) is 4.00. The Morgan fingerprint density at radius 2 is 1.50 bits per heavy atom. The second kappa shape index (κ2) is 14.6. The number of amides is 1. The van der Waals surface area contributed by atoms with Gasteiger partial charge in [0.25, 0.3) is 16.1 Å². The van der Waals surface area contributed by atoms with Crippen molar-refractivity contribution in [2.24, 2.45) is 0 Å². The molecule has 3 aromatic rings. The summed E-state index contributed by atoms with van der Waals surface area (Å²) < 4.78 is 48.4. The molecule has 3 N–H and O–H groups in total. The molecule has 0 heterocycles. The fraction of sp³-hybridized carbons (Fsp3) is 0.406. The van der Waals surface area contributed by atoms with Gasteiger partial charge in [0.1, 0.15) is 11.5 Å². The van der Waals surface area contributed by atoms with Gasteiger partial charge in [-0.25, -0.2) is 0 Å². The first-order valence-electron chi connectivity index (χ1n) is 14.2. The predicted molar refractivity (Wildman–Crippen MR) is 163 cm³/mol. The smallest absolute Gasteiger partial charge is 0.277 e. The maximum absolute atomic E-state index is 13.2. The molecule has 10 heteroatoms. The molecule has 1 aliphatic carbocycles. The Labute approximate surface area is 249 Å². The molecule has 0 aliphatic heterocycles. The first-order chi connectivity index (χ1) is 20.3. The van der Waals surface area contributed by atoms with Crippen molar-refractivity contribution in [3.05, 3.63) is 95.6 Å². The van der Waals surface area contributed by atoms with E-state index in [0.717, 1.165) is 16.9 Å². The van der Waals surface area contributed by atoms with E-state index in [1.165, 1.54) is 0 Å². The lowest BCUT2D eigenvalue weighted by atomic mass is 9.68. The van der Waals surface area contributed by atoms with Crippen LogP contribution < -0.4 is 24.2 Å². The number of hydrogen-bond acceptors (Lipinski definition) is 6. The lowest BCUT2D eigenvalue weighted by Crippen LogP contribution is -2.52. The van der Waals surface area contributed by atoms with Crippen LogP contribution in [0.2, 0.25) is 0 Å². The Morgan fingerprint density at radius 1 is 0.881 bits per heavy atom. The normalized spacial score (nSPS) is 19.5. The zero-order chi connectivity index (χ0) is 30.0. The summed E-state index contributed by atoms with van der Waals surface area (Å²) in [5, 5.41) is 3.12. The lowest BCUT2D eigenvalue weighted by molar-refractivity contribution is 0.0931. The van der Waals surface area contributed by atoms with Crippen LogP contribution in [0.15, 0.2) is 78.9 Å². The fourth-order valence-corrected chi connectivity index (χ4v) is 7.13. The van der Waals surface area contributed by atoms with Gasteiger partial charge in [0.2, 0.25) is 0 Å². The van der Waals surface area contributed by atoms with Gasteiger partial charge in [-0.1, -0.05) is 60.7 Å². The Kier molecular flexibility index (Phi) is 11.0. The SMILES string of the molecule is COCC(Cc1ccccc1)NS(=O)(=O)N[C@H]1CC[C@](CNC(=O)c2ccccc2OC)(c2ccccc2OC)CC1. The molecule has 0 bridgehead atoms. The molecule has 1 unspecified atom stereocenters. The molecule has 1 fully saturated rings. The summed E-state index contributed by atoms with van der Waals surface area (Å²) in [6.07, 6.45) is 3.01. The number of nitrogens with one attached hydrogen (secondary N) is 3. The van der Waals surface area contributed by atoms with Crippen molar-refractivity contribution in [1.82, 2.24) is 14.8 Å². The highest BCUT2D eigenvalue weighted by atomic mass is 32.2. The van der Waals surface area contributed by atoms with Crippen molar-refractivity contribution < 1.29 is 27.4 Å². The minimum atomic E-state index is -3.80. The van der Waals surface area contributed by atoms with Crippen LogP contribution in [0.1, 0.15) is 47.2 Å². The van der Waals surface area contributed by atoms with E-state index in [2.05, 4.69) is 14.8 Å². The summed E-state index contributed by atoms with van der Waals surface area (Å²) in [4.78, 5) is 13.2. The molecule has 0 spiro atoms. The van der Waals surface area contributed by atoms with E-state index in [1.807, 2.05) is 60.7 Å². The number of methoxy groups -OCH3 is 3. The summed E-state index contributed by atoms with van der Waals surface area (Å²) in [6.45, 7) is 0.623. The molecule has 9 nitrogen and oxygen atoms in total. The summed E-state index contributed by atoms with van der Waals surface area (Å²) in [6, 6.07) is 24.0. The Bertz CT molecular complexity index is 1410. The van der Waals surface area contributed by atoms with Gasteiger partial charge in [0.15, 0.2) is 0 Å². The summed E-state index contributed by atoms with van der Waals surface area (Å²) >= 11 is 0. The van der Waals surface area contributed by atoms with Gasteiger partial charge < -0.3 is 19.5 Å². The first-order valence-corrected chi connectivity index (χ1v) is 15.6. The molecular formula is C32H41N3O6S. The van der Waals surface area contributed by atoms with Crippen molar-refractivity contribution in [2.75, 3.05) is 34.5 Å². The van der Waals surface area contributed by atoms with Gasteiger partial charge in [-0.3, -0.25) is 4.79 Å². The van der Waals surface area contributed by atoms with Crippen molar-refractivity contribution in [2.45, 2.75) is 49.6 Å². The molecule has 0 radical (unpaired) electrons.